The molecule has 1 aliphatic rings. The maximum absolute atomic E-state index is 14.2. The Morgan fingerprint density at radius 1 is 1.02 bits per heavy atom. The first kappa shape index (κ1) is 30.9. The fraction of sp³-hybridized carbons (Fsp3) is 0.114. The highest BCUT2D eigenvalue weighted by Gasteiger charge is 2.32. The maximum Gasteiger partial charge on any atom is 0.271 e. The summed E-state index contributed by atoms with van der Waals surface area (Å²) in [5.41, 5.74) is 3.04. The minimum atomic E-state index is -0.821. The van der Waals surface area contributed by atoms with E-state index in [1.807, 2.05) is 18.2 Å². The number of hydrogen-bond donors (Lipinski definition) is 1. The van der Waals surface area contributed by atoms with E-state index in [-0.39, 0.29) is 23.8 Å². The van der Waals surface area contributed by atoms with Gasteiger partial charge in [-0.05, 0) is 72.7 Å². The van der Waals surface area contributed by atoms with Crippen LogP contribution in [0.1, 0.15) is 29.7 Å². The summed E-state index contributed by atoms with van der Waals surface area (Å²) >= 11 is 7.38. The molecular formula is C35H26ClF2N3O4S. The third-order valence-electron chi connectivity index (χ3n) is 7.36. The van der Waals surface area contributed by atoms with Gasteiger partial charge >= 0.3 is 0 Å². The molecule has 232 valence electrons. The summed E-state index contributed by atoms with van der Waals surface area (Å²) in [6, 6.07) is 23.6. The molecule has 0 saturated carbocycles. The SMILES string of the molecule is COc1ccc(/C=c2/sc3n(c2=O)C(c2ccc(Cl)cc2)C(C(=O)Nc2ccccc2)=C(C)N=3)cc1COc1ccc(F)cc1F. The highest BCUT2D eigenvalue weighted by atomic mass is 35.5. The second-order valence-electron chi connectivity index (χ2n) is 10.4. The number of thiazole rings is 1. The molecule has 4 aromatic carbocycles. The zero-order valence-corrected chi connectivity index (χ0v) is 26.2. The average molecular weight is 658 g/mol. The Morgan fingerprint density at radius 3 is 2.48 bits per heavy atom. The third kappa shape index (κ3) is 6.35. The number of ether oxygens (including phenoxy) is 2. The first-order valence-corrected chi connectivity index (χ1v) is 15.3. The Hall–Kier alpha value is -5.06. The van der Waals surface area contributed by atoms with Crippen LogP contribution in [-0.4, -0.2) is 17.6 Å². The van der Waals surface area contributed by atoms with Crippen LogP contribution in [0, 0.1) is 11.6 Å². The van der Waals surface area contributed by atoms with Gasteiger partial charge in [0, 0.05) is 22.3 Å². The molecule has 7 nitrogen and oxygen atoms in total. The molecule has 0 aliphatic carbocycles. The van der Waals surface area contributed by atoms with E-state index in [2.05, 4.69) is 10.3 Å². The van der Waals surface area contributed by atoms with E-state index in [0.717, 1.165) is 12.1 Å². The van der Waals surface area contributed by atoms with Crippen LogP contribution in [0.4, 0.5) is 14.5 Å². The Morgan fingerprint density at radius 2 is 1.76 bits per heavy atom. The Kier molecular flexibility index (Phi) is 8.83. The normalized spacial score (nSPS) is 14.5. The monoisotopic (exact) mass is 657 g/mol. The molecule has 1 aromatic heterocycles. The van der Waals surface area contributed by atoms with E-state index in [1.165, 1.54) is 29.1 Å². The maximum atomic E-state index is 14.2. The first-order valence-electron chi connectivity index (χ1n) is 14.1. The number of carbonyl (C=O) groups excluding carboxylic acids is 1. The minimum Gasteiger partial charge on any atom is -0.496 e. The number of amides is 1. The molecule has 0 spiro atoms. The van der Waals surface area contributed by atoms with Crippen LogP contribution < -0.4 is 29.7 Å². The molecular weight excluding hydrogens is 632 g/mol. The van der Waals surface area contributed by atoms with Crippen molar-refractivity contribution in [3.8, 4) is 11.5 Å². The van der Waals surface area contributed by atoms with Gasteiger partial charge in [-0.2, -0.15) is 0 Å². The van der Waals surface area contributed by atoms with E-state index in [0.29, 0.717) is 53.8 Å². The minimum absolute atomic E-state index is 0.0652. The smallest absolute Gasteiger partial charge is 0.271 e. The van der Waals surface area contributed by atoms with Crippen LogP contribution in [-0.2, 0) is 11.4 Å². The molecule has 46 heavy (non-hydrogen) atoms. The van der Waals surface area contributed by atoms with Crippen molar-refractivity contribution in [3.63, 3.8) is 0 Å². The van der Waals surface area contributed by atoms with Crippen molar-refractivity contribution in [2.45, 2.75) is 19.6 Å². The third-order valence-corrected chi connectivity index (χ3v) is 8.60. The van der Waals surface area contributed by atoms with Gasteiger partial charge in [0.25, 0.3) is 11.5 Å². The number of aromatic nitrogens is 1. The summed E-state index contributed by atoms with van der Waals surface area (Å²) in [4.78, 5) is 32.9. The zero-order chi connectivity index (χ0) is 32.4. The number of para-hydroxylation sites is 1. The summed E-state index contributed by atoms with van der Waals surface area (Å²) in [6.07, 6.45) is 1.72. The second kappa shape index (κ2) is 13.1. The van der Waals surface area contributed by atoms with Crippen molar-refractivity contribution >= 4 is 40.6 Å². The van der Waals surface area contributed by atoms with Crippen molar-refractivity contribution in [1.82, 2.24) is 4.57 Å². The number of nitrogens with one attached hydrogen (secondary N) is 1. The van der Waals surface area contributed by atoms with E-state index in [1.54, 1.807) is 67.6 Å². The van der Waals surface area contributed by atoms with Gasteiger partial charge < -0.3 is 14.8 Å². The number of allylic oxidation sites excluding steroid dienone is 1. The number of rotatable bonds is 8. The summed E-state index contributed by atoms with van der Waals surface area (Å²) < 4.78 is 40.5. The fourth-order valence-electron chi connectivity index (χ4n) is 5.19. The van der Waals surface area contributed by atoms with E-state index in [9.17, 15) is 18.4 Å². The average Bonchev–Trinajstić information content (AvgIpc) is 3.34. The fourth-order valence-corrected chi connectivity index (χ4v) is 6.37. The summed E-state index contributed by atoms with van der Waals surface area (Å²) in [7, 11) is 1.50. The molecule has 1 amide bonds. The van der Waals surface area contributed by atoms with Gasteiger partial charge in [-0.1, -0.05) is 59.3 Å². The molecule has 0 radical (unpaired) electrons. The Bertz CT molecular complexity index is 2160. The van der Waals surface area contributed by atoms with Crippen molar-refractivity contribution < 1.29 is 23.0 Å². The van der Waals surface area contributed by atoms with E-state index in [4.69, 9.17) is 21.1 Å². The molecule has 1 aliphatic heterocycles. The number of methoxy groups -OCH3 is 1. The van der Waals surface area contributed by atoms with Crippen LogP contribution in [0.3, 0.4) is 0 Å². The van der Waals surface area contributed by atoms with Gasteiger partial charge in [0.15, 0.2) is 16.4 Å². The van der Waals surface area contributed by atoms with Crippen LogP contribution in [0.5, 0.6) is 11.5 Å². The molecule has 5 aromatic rings. The Balaban J connectivity index is 1.40. The lowest BCUT2D eigenvalue weighted by Gasteiger charge is -2.25. The first-order chi connectivity index (χ1) is 22.2. The lowest BCUT2D eigenvalue weighted by atomic mass is 9.95. The van der Waals surface area contributed by atoms with Gasteiger partial charge in [0.2, 0.25) is 0 Å². The number of nitrogens with zero attached hydrogens (tertiary/aromatic N) is 2. The zero-order valence-electron chi connectivity index (χ0n) is 24.6. The molecule has 0 bridgehead atoms. The number of anilines is 1. The molecule has 1 unspecified atom stereocenters. The van der Waals surface area contributed by atoms with Crippen molar-refractivity contribution in [3.05, 3.63) is 155 Å². The van der Waals surface area contributed by atoms with Gasteiger partial charge in [0.1, 0.15) is 18.2 Å². The van der Waals surface area contributed by atoms with Gasteiger partial charge in [0.05, 0.1) is 29.0 Å². The summed E-state index contributed by atoms with van der Waals surface area (Å²) in [5, 5.41) is 3.45. The van der Waals surface area contributed by atoms with Crippen LogP contribution >= 0.6 is 22.9 Å². The van der Waals surface area contributed by atoms with E-state index < -0.39 is 17.7 Å². The predicted octanol–water partition coefficient (Wildman–Crippen LogP) is 6.39. The lowest BCUT2D eigenvalue weighted by Crippen LogP contribution is -2.40. The molecule has 2 heterocycles. The molecule has 11 heteroatoms. The predicted molar refractivity (Wildman–Crippen MR) is 174 cm³/mol. The molecule has 1 atom stereocenters. The highest BCUT2D eigenvalue weighted by Crippen LogP contribution is 2.31. The molecule has 0 fully saturated rings. The van der Waals surface area contributed by atoms with Crippen LogP contribution in [0.15, 0.2) is 112 Å². The second-order valence-corrected chi connectivity index (χ2v) is 11.8. The van der Waals surface area contributed by atoms with Gasteiger partial charge in [-0.25, -0.2) is 13.8 Å². The number of hydrogen-bond acceptors (Lipinski definition) is 6. The summed E-state index contributed by atoms with van der Waals surface area (Å²) in [6.45, 7) is 1.68. The topological polar surface area (TPSA) is 81.9 Å². The van der Waals surface area contributed by atoms with Crippen molar-refractivity contribution in [2.75, 3.05) is 12.4 Å². The van der Waals surface area contributed by atoms with Gasteiger partial charge in [-0.3, -0.25) is 14.2 Å². The summed E-state index contributed by atoms with van der Waals surface area (Å²) in [5.74, 6) is -1.51. The van der Waals surface area contributed by atoms with Crippen molar-refractivity contribution in [2.24, 2.45) is 4.99 Å². The molecule has 0 saturated heterocycles. The largest absolute Gasteiger partial charge is 0.496 e. The molecule has 6 rings (SSSR count). The number of carbonyl (C=O) groups is 1. The van der Waals surface area contributed by atoms with Gasteiger partial charge in [-0.15, -0.1) is 0 Å². The number of benzene rings is 4. The van der Waals surface area contributed by atoms with Crippen LogP contribution in [0.25, 0.3) is 6.08 Å². The Labute approximate surface area is 271 Å². The number of halogens is 3. The molecule has 1 N–H and O–H groups in total. The quantitative estimate of drug-likeness (QED) is 0.210. The van der Waals surface area contributed by atoms with Crippen LogP contribution in [0.2, 0.25) is 5.02 Å². The number of fused-ring (bicyclic) bond motifs is 1. The van der Waals surface area contributed by atoms with Crippen molar-refractivity contribution in [1.29, 1.82) is 0 Å². The lowest BCUT2D eigenvalue weighted by molar-refractivity contribution is -0.113. The highest BCUT2D eigenvalue weighted by molar-refractivity contribution is 7.07. The van der Waals surface area contributed by atoms with E-state index >= 15 is 0 Å². The standard InChI is InChI=1S/C35H26ClF2N3O4S/c1-20-31(33(42)40-26-6-4-3-5-7-26)32(22-9-11-24(36)12-10-22)41-34(43)30(46-35(41)39-20)17-21-8-14-28(44-2)23(16-21)19-45-29-15-13-25(37)18-27(29)38/h3-18,32H,19H2,1-2H3,(H,40,42)/b30-17+.